The van der Waals surface area contributed by atoms with E-state index in [-0.39, 0.29) is 5.91 Å². The van der Waals surface area contributed by atoms with Crippen LogP contribution >= 0.6 is 0 Å². The van der Waals surface area contributed by atoms with E-state index in [1.807, 2.05) is 98.8 Å². The van der Waals surface area contributed by atoms with Gasteiger partial charge in [-0.15, -0.1) is 0 Å². The van der Waals surface area contributed by atoms with Crippen LogP contribution in [-0.2, 0) is 4.79 Å². The smallest absolute Gasteiger partial charge is 0.309 e. The number of hydrogen-bond donors (Lipinski definition) is 1. The summed E-state index contributed by atoms with van der Waals surface area (Å²) in [7, 11) is 0. The van der Waals surface area contributed by atoms with Crippen LogP contribution in [0.5, 0.6) is 5.88 Å². The molecule has 0 atom stereocenters. The van der Waals surface area contributed by atoms with Gasteiger partial charge in [0.15, 0.2) is 0 Å². The maximum Gasteiger partial charge on any atom is 0.309 e. The van der Waals surface area contributed by atoms with Crippen molar-refractivity contribution in [3.63, 3.8) is 0 Å². The normalized spacial score (nSPS) is 10.7. The molecule has 1 amide bonds. The Bertz CT molecular complexity index is 1600. The number of hydrogen-bond acceptors (Lipinski definition) is 4. The number of carbonyl (C=O) groups excluding carboxylic acids is 2. The van der Waals surface area contributed by atoms with Crippen LogP contribution in [0.15, 0.2) is 103 Å². The van der Waals surface area contributed by atoms with Gasteiger partial charge in [-0.05, 0) is 61.9 Å². The SMILES string of the molecule is CC(=O)Oc1c(-c2ccc(NC(=O)c3ccc(C)cc3)cc2)c(-c2cccc(C)c2)nn1-c1ccccc1. The van der Waals surface area contributed by atoms with Crippen LogP contribution < -0.4 is 10.1 Å². The summed E-state index contributed by atoms with van der Waals surface area (Å²) in [6, 6.07) is 32.5. The molecule has 0 radical (unpaired) electrons. The number of anilines is 1. The molecular formula is C32H27N3O3. The van der Waals surface area contributed by atoms with E-state index in [4.69, 9.17) is 9.84 Å². The van der Waals surface area contributed by atoms with Crippen LogP contribution in [0.3, 0.4) is 0 Å². The summed E-state index contributed by atoms with van der Waals surface area (Å²) < 4.78 is 7.43. The Morgan fingerprint density at radius 3 is 2.13 bits per heavy atom. The van der Waals surface area contributed by atoms with E-state index in [0.717, 1.165) is 27.9 Å². The van der Waals surface area contributed by atoms with Crippen molar-refractivity contribution >= 4 is 17.6 Å². The largest absolute Gasteiger partial charge is 0.407 e. The molecule has 0 aliphatic rings. The van der Waals surface area contributed by atoms with Gasteiger partial charge in [-0.2, -0.15) is 9.78 Å². The fraction of sp³-hybridized carbons (Fsp3) is 0.0938. The van der Waals surface area contributed by atoms with Crippen molar-refractivity contribution in [2.75, 3.05) is 5.32 Å². The van der Waals surface area contributed by atoms with Crippen molar-refractivity contribution in [3.05, 3.63) is 120 Å². The third-order valence-corrected chi connectivity index (χ3v) is 6.12. The Morgan fingerprint density at radius 1 is 0.763 bits per heavy atom. The Balaban J connectivity index is 1.59. The van der Waals surface area contributed by atoms with Gasteiger partial charge < -0.3 is 10.1 Å². The third kappa shape index (κ3) is 5.25. The van der Waals surface area contributed by atoms with Crippen LogP contribution in [0.2, 0.25) is 0 Å². The van der Waals surface area contributed by atoms with Crippen molar-refractivity contribution in [2.45, 2.75) is 20.8 Å². The first-order valence-electron chi connectivity index (χ1n) is 12.3. The van der Waals surface area contributed by atoms with Crippen LogP contribution in [0, 0.1) is 13.8 Å². The van der Waals surface area contributed by atoms with Crippen LogP contribution in [-0.4, -0.2) is 21.7 Å². The molecule has 188 valence electrons. The molecule has 1 heterocycles. The molecule has 0 saturated heterocycles. The van der Waals surface area contributed by atoms with Gasteiger partial charge in [-0.3, -0.25) is 9.59 Å². The van der Waals surface area contributed by atoms with Gasteiger partial charge in [0.25, 0.3) is 5.91 Å². The third-order valence-electron chi connectivity index (χ3n) is 6.12. The minimum atomic E-state index is -0.443. The lowest BCUT2D eigenvalue weighted by Gasteiger charge is -2.11. The van der Waals surface area contributed by atoms with Gasteiger partial charge >= 0.3 is 5.97 Å². The average Bonchev–Trinajstić information content (AvgIpc) is 3.28. The number of amides is 1. The van der Waals surface area contributed by atoms with Gasteiger partial charge in [0.05, 0.1) is 11.3 Å². The molecular weight excluding hydrogens is 474 g/mol. The monoisotopic (exact) mass is 501 g/mol. The zero-order chi connectivity index (χ0) is 26.6. The van der Waals surface area contributed by atoms with E-state index in [9.17, 15) is 9.59 Å². The topological polar surface area (TPSA) is 73.2 Å². The van der Waals surface area contributed by atoms with Gasteiger partial charge in [-0.1, -0.05) is 71.8 Å². The molecule has 5 aromatic rings. The van der Waals surface area contributed by atoms with E-state index in [1.165, 1.54) is 6.92 Å². The van der Waals surface area contributed by atoms with Gasteiger partial charge in [0.1, 0.15) is 5.69 Å². The molecule has 38 heavy (non-hydrogen) atoms. The number of carbonyl (C=O) groups is 2. The number of aromatic nitrogens is 2. The highest BCUT2D eigenvalue weighted by atomic mass is 16.5. The first-order valence-corrected chi connectivity index (χ1v) is 12.3. The molecule has 0 saturated carbocycles. The fourth-order valence-corrected chi connectivity index (χ4v) is 4.26. The predicted octanol–water partition coefficient (Wildman–Crippen LogP) is 7.00. The lowest BCUT2D eigenvalue weighted by Crippen LogP contribution is -2.11. The van der Waals surface area contributed by atoms with E-state index < -0.39 is 5.97 Å². The second-order valence-electron chi connectivity index (χ2n) is 9.14. The number of rotatable bonds is 6. The van der Waals surface area contributed by atoms with Crippen molar-refractivity contribution in [3.8, 4) is 34.0 Å². The molecule has 1 N–H and O–H groups in total. The Kier molecular flexibility index (Phi) is 6.87. The lowest BCUT2D eigenvalue weighted by atomic mass is 10.00. The molecule has 6 heteroatoms. The number of nitrogens with one attached hydrogen (secondary N) is 1. The molecule has 0 aliphatic carbocycles. The zero-order valence-electron chi connectivity index (χ0n) is 21.4. The Labute approximate surface area is 221 Å². The summed E-state index contributed by atoms with van der Waals surface area (Å²) in [6.45, 7) is 5.38. The van der Waals surface area contributed by atoms with Crippen LogP contribution in [0.4, 0.5) is 5.69 Å². The first kappa shape index (κ1) is 24.7. The summed E-state index contributed by atoms with van der Waals surface area (Å²) in [5, 5.41) is 7.85. The first-order chi connectivity index (χ1) is 18.4. The number of esters is 1. The van der Waals surface area contributed by atoms with Crippen molar-refractivity contribution in [1.29, 1.82) is 0 Å². The molecule has 1 aromatic heterocycles. The highest BCUT2D eigenvalue weighted by Gasteiger charge is 2.24. The predicted molar refractivity (Wildman–Crippen MR) is 150 cm³/mol. The van der Waals surface area contributed by atoms with Gasteiger partial charge in [0.2, 0.25) is 5.88 Å². The van der Waals surface area contributed by atoms with E-state index in [2.05, 4.69) is 11.4 Å². The van der Waals surface area contributed by atoms with Gasteiger partial charge in [-0.25, -0.2) is 0 Å². The maximum atomic E-state index is 12.7. The number of para-hydroxylation sites is 1. The molecule has 6 nitrogen and oxygen atoms in total. The van der Waals surface area contributed by atoms with E-state index in [1.54, 1.807) is 16.8 Å². The zero-order valence-corrected chi connectivity index (χ0v) is 21.4. The highest BCUT2D eigenvalue weighted by molar-refractivity contribution is 6.04. The van der Waals surface area contributed by atoms with Crippen molar-refractivity contribution in [2.24, 2.45) is 0 Å². The second-order valence-corrected chi connectivity index (χ2v) is 9.14. The summed E-state index contributed by atoms with van der Waals surface area (Å²) in [4.78, 5) is 24.9. The lowest BCUT2D eigenvalue weighted by molar-refractivity contribution is -0.132. The molecule has 4 aromatic carbocycles. The Hall–Kier alpha value is -4.97. The molecule has 0 fully saturated rings. The maximum absolute atomic E-state index is 12.7. The number of aryl methyl sites for hydroxylation is 2. The minimum Gasteiger partial charge on any atom is -0.407 e. The van der Waals surface area contributed by atoms with Crippen LogP contribution in [0.25, 0.3) is 28.1 Å². The second kappa shape index (κ2) is 10.6. The summed E-state index contributed by atoms with van der Waals surface area (Å²) >= 11 is 0. The molecule has 0 spiro atoms. The highest BCUT2D eigenvalue weighted by Crippen LogP contribution is 2.41. The summed E-state index contributed by atoms with van der Waals surface area (Å²) in [6.07, 6.45) is 0. The minimum absolute atomic E-state index is 0.185. The van der Waals surface area contributed by atoms with Gasteiger partial charge in [0, 0.05) is 23.7 Å². The van der Waals surface area contributed by atoms with Crippen molar-refractivity contribution < 1.29 is 14.3 Å². The quantitative estimate of drug-likeness (QED) is 0.254. The summed E-state index contributed by atoms with van der Waals surface area (Å²) in [5.74, 6) is -0.298. The average molecular weight is 502 g/mol. The standard InChI is InChI=1S/C32H27N3O3/c1-21-12-14-25(15-13-21)31(37)33-27-18-16-24(17-19-27)29-30(26-9-7-8-22(2)20-26)34-35(32(29)38-23(3)36)28-10-5-4-6-11-28/h4-20H,1-3H3,(H,33,37). The Morgan fingerprint density at radius 2 is 1.47 bits per heavy atom. The molecule has 0 aliphatic heterocycles. The van der Waals surface area contributed by atoms with E-state index >= 15 is 0 Å². The number of ether oxygens (including phenoxy) is 1. The molecule has 0 bridgehead atoms. The fourth-order valence-electron chi connectivity index (χ4n) is 4.26. The van der Waals surface area contributed by atoms with Crippen molar-refractivity contribution in [1.82, 2.24) is 9.78 Å². The summed E-state index contributed by atoms with van der Waals surface area (Å²) in [5.41, 5.74) is 7.26. The number of nitrogens with zero attached hydrogens (tertiary/aromatic N) is 2. The molecule has 0 unspecified atom stereocenters. The molecule has 5 rings (SSSR count). The van der Waals surface area contributed by atoms with Crippen LogP contribution in [0.1, 0.15) is 28.4 Å². The number of benzene rings is 4. The van der Waals surface area contributed by atoms with E-state index in [0.29, 0.717) is 28.4 Å².